The zero-order chi connectivity index (χ0) is 19.9. The van der Waals surface area contributed by atoms with E-state index in [1.165, 1.54) is 24.3 Å². The van der Waals surface area contributed by atoms with Crippen LogP contribution in [0.2, 0.25) is 0 Å². The smallest absolute Gasteiger partial charge is 0.258 e. The molecule has 144 valence electrons. The second-order valence-electron chi connectivity index (χ2n) is 6.07. The van der Waals surface area contributed by atoms with Gasteiger partial charge in [0.2, 0.25) is 5.88 Å². The first-order valence-electron chi connectivity index (χ1n) is 8.81. The van der Waals surface area contributed by atoms with Crippen molar-refractivity contribution in [2.75, 3.05) is 6.61 Å². The van der Waals surface area contributed by atoms with Crippen molar-refractivity contribution in [2.24, 2.45) is 0 Å². The number of aromatic nitrogens is 2. The lowest BCUT2D eigenvalue weighted by molar-refractivity contribution is -0.123. The normalized spacial score (nSPS) is 10.5. The Morgan fingerprint density at radius 3 is 2.29 bits per heavy atom. The zero-order valence-electron chi connectivity index (χ0n) is 15.3. The van der Waals surface area contributed by atoms with E-state index in [0.29, 0.717) is 17.8 Å². The van der Waals surface area contributed by atoms with Gasteiger partial charge in [0.1, 0.15) is 11.6 Å². The van der Waals surface area contributed by atoms with Crippen LogP contribution < -0.4 is 10.1 Å². The van der Waals surface area contributed by atoms with Crippen molar-refractivity contribution in [3.63, 3.8) is 0 Å². The van der Waals surface area contributed by atoms with Crippen LogP contribution in [-0.4, -0.2) is 22.5 Å². The van der Waals surface area contributed by atoms with Gasteiger partial charge >= 0.3 is 0 Å². The third-order valence-corrected chi connectivity index (χ3v) is 3.97. The molecule has 0 radical (unpaired) electrons. The Kier molecular flexibility index (Phi) is 6.26. The molecule has 0 aliphatic carbocycles. The number of hydrogen-bond donors (Lipinski definition) is 1. The Balaban J connectivity index is 1.63. The number of rotatable bonds is 7. The van der Waals surface area contributed by atoms with Crippen LogP contribution in [0, 0.1) is 11.6 Å². The number of ether oxygens (including phenoxy) is 1. The topological polar surface area (TPSA) is 64.1 Å². The van der Waals surface area contributed by atoms with E-state index in [2.05, 4.69) is 15.3 Å². The van der Waals surface area contributed by atoms with E-state index in [0.717, 1.165) is 11.3 Å². The van der Waals surface area contributed by atoms with Gasteiger partial charge in [-0.2, -0.15) is 4.98 Å². The molecule has 3 aromatic rings. The first kappa shape index (κ1) is 19.4. The Hall–Kier alpha value is -3.35. The van der Waals surface area contributed by atoms with Crippen LogP contribution in [0.15, 0.2) is 54.6 Å². The summed E-state index contributed by atoms with van der Waals surface area (Å²) >= 11 is 0. The summed E-state index contributed by atoms with van der Waals surface area (Å²) in [7, 11) is 0. The molecule has 5 nitrogen and oxygen atoms in total. The van der Waals surface area contributed by atoms with Crippen LogP contribution in [-0.2, 0) is 17.8 Å². The second-order valence-corrected chi connectivity index (χ2v) is 6.07. The molecule has 2 aromatic carbocycles. The monoisotopic (exact) mass is 383 g/mol. The molecular weight excluding hydrogens is 364 g/mol. The standard InChI is InChI=1S/C21H19F2N3O2/c1-2-18-11-20(26-21(25-18)15-5-9-17(23)10-6-15)28-13-19(27)24-12-14-3-7-16(22)8-4-14/h3-11H,2,12-13H2,1H3,(H,24,27). The minimum Gasteiger partial charge on any atom is -0.467 e. The van der Waals surface area contributed by atoms with Crippen LogP contribution in [0.3, 0.4) is 0 Å². The molecular formula is C21H19F2N3O2. The molecule has 0 atom stereocenters. The number of hydrogen-bond acceptors (Lipinski definition) is 4. The molecule has 0 spiro atoms. The third-order valence-electron chi connectivity index (χ3n) is 3.97. The van der Waals surface area contributed by atoms with Gasteiger partial charge in [-0.15, -0.1) is 0 Å². The van der Waals surface area contributed by atoms with Crippen LogP contribution in [0.5, 0.6) is 5.88 Å². The minimum atomic E-state index is -0.343. The predicted molar refractivity (Wildman–Crippen MR) is 101 cm³/mol. The largest absolute Gasteiger partial charge is 0.467 e. The summed E-state index contributed by atoms with van der Waals surface area (Å²) in [6, 6.07) is 13.4. The molecule has 0 aliphatic rings. The highest BCUT2D eigenvalue weighted by Crippen LogP contribution is 2.20. The van der Waals surface area contributed by atoms with Gasteiger partial charge in [-0.1, -0.05) is 19.1 Å². The van der Waals surface area contributed by atoms with Crippen molar-refractivity contribution >= 4 is 5.91 Å². The highest BCUT2D eigenvalue weighted by atomic mass is 19.1. The number of benzene rings is 2. The molecule has 1 aromatic heterocycles. The molecule has 3 rings (SSSR count). The van der Waals surface area contributed by atoms with E-state index in [1.807, 2.05) is 6.92 Å². The number of nitrogens with zero attached hydrogens (tertiary/aromatic N) is 2. The second kappa shape index (κ2) is 9.03. The third kappa shape index (κ3) is 5.33. The maximum absolute atomic E-state index is 13.1. The lowest BCUT2D eigenvalue weighted by Crippen LogP contribution is -2.28. The van der Waals surface area contributed by atoms with E-state index in [1.54, 1.807) is 30.3 Å². The van der Waals surface area contributed by atoms with Crippen molar-refractivity contribution in [2.45, 2.75) is 19.9 Å². The van der Waals surface area contributed by atoms with Gasteiger partial charge in [0.05, 0.1) is 0 Å². The van der Waals surface area contributed by atoms with E-state index in [-0.39, 0.29) is 36.6 Å². The van der Waals surface area contributed by atoms with E-state index < -0.39 is 0 Å². The van der Waals surface area contributed by atoms with E-state index in [4.69, 9.17) is 4.74 Å². The average Bonchev–Trinajstić information content (AvgIpc) is 2.72. The van der Waals surface area contributed by atoms with Gasteiger partial charge in [-0.25, -0.2) is 13.8 Å². The first-order chi connectivity index (χ1) is 13.5. The molecule has 0 unspecified atom stereocenters. The summed E-state index contributed by atoms with van der Waals surface area (Å²) in [5, 5.41) is 2.70. The van der Waals surface area contributed by atoms with Gasteiger partial charge in [0.25, 0.3) is 5.91 Å². The Morgan fingerprint density at radius 1 is 1.00 bits per heavy atom. The fraction of sp³-hybridized carbons (Fsp3) is 0.190. The number of carbonyl (C=O) groups is 1. The molecule has 1 N–H and O–H groups in total. The van der Waals surface area contributed by atoms with Crippen LogP contribution in [0.25, 0.3) is 11.4 Å². The lowest BCUT2D eigenvalue weighted by Gasteiger charge is -2.10. The summed E-state index contributed by atoms with van der Waals surface area (Å²) in [5.74, 6) is -0.330. The molecule has 0 saturated carbocycles. The molecule has 7 heteroatoms. The molecule has 28 heavy (non-hydrogen) atoms. The predicted octanol–water partition coefficient (Wildman–Crippen LogP) is 3.68. The minimum absolute atomic E-state index is 0.218. The highest BCUT2D eigenvalue weighted by Gasteiger charge is 2.09. The number of nitrogens with one attached hydrogen (secondary N) is 1. The first-order valence-corrected chi connectivity index (χ1v) is 8.81. The van der Waals surface area contributed by atoms with Crippen molar-refractivity contribution in [3.8, 4) is 17.3 Å². The number of halogens is 2. The zero-order valence-corrected chi connectivity index (χ0v) is 15.3. The van der Waals surface area contributed by atoms with Crippen molar-refractivity contribution in [3.05, 3.63) is 77.5 Å². The quantitative estimate of drug-likeness (QED) is 0.676. The van der Waals surface area contributed by atoms with E-state index in [9.17, 15) is 13.6 Å². The Bertz CT molecular complexity index is 945. The molecule has 1 amide bonds. The maximum Gasteiger partial charge on any atom is 0.258 e. The maximum atomic E-state index is 13.1. The molecule has 0 bridgehead atoms. The van der Waals surface area contributed by atoms with Crippen LogP contribution >= 0.6 is 0 Å². The fourth-order valence-electron chi connectivity index (χ4n) is 2.45. The van der Waals surface area contributed by atoms with E-state index >= 15 is 0 Å². The summed E-state index contributed by atoms with van der Waals surface area (Å²) < 4.78 is 31.5. The van der Waals surface area contributed by atoms with Gasteiger partial charge in [-0.3, -0.25) is 4.79 Å². The van der Waals surface area contributed by atoms with Gasteiger partial charge in [0.15, 0.2) is 12.4 Å². The summed E-state index contributed by atoms with van der Waals surface area (Å²) in [6.07, 6.45) is 0.657. The van der Waals surface area contributed by atoms with Gasteiger partial charge in [-0.05, 0) is 48.4 Å². The molecule has 0 saturated heterocycles. The Morgan fingerprint density at radius 2 is 1.64 bits per heavy atom. The number of amides is 1. The number of carbonyl (C=O) groups excluding carboxylic acids is 1. The van der Waals surface area contributed by atoms with Crippen molar-refractivity contribution in [1.82, 2.24) is 15.3 Å². The van der Waals surface area contributed by atoms with Crippen molar-refractivity contribution < 1.29 is 18.3 Å². The summed E-state index contributed by atoms with van der Waals surface area (Å²) in [4.78, 5) is 20.7. The lowest BCUT2D eigenvalue weighted by atomic mass is 10.2. The van der Waals surface area contributed by atoms with Crippen LogP contribution in [0.1, 0.15) is 18.2 Å². The fourth-order valence-corrected chi connectivity index (χ4v) is 2.45. The molecule has 0 aliphatic heterocycles. The van der Waals surface area contributed by atoms with Crippen molar-refractivity contribution in [1.29, 1.82) is 0 Å². The number of aryl methyl sites for hydroxylation is 1. The average molecular weight is 383 g/mol. The molecule has 1 heterocycles. The van der Waals surface area contributed by atoms with Gasteiger partial charge in [0, 0.05) is 23.9 Å². The SMILES string of the molecule is CCc1cc(OCC(=O)NCc2ccc(F)cc2)nc(-c2ccc(F)cc2)n1. The summed E-state index contributed by atoms with van der Waals surface area (Å²) in [5.41, 5.74) is 2.18. The van der Waals surface area contributed by atoms with Crippen LogP contribution in [0.4, 0.5) is 8.78 Å². The Labute approximate surface area is 161 Å². The van der Waals surface area contributed by atoms with Gasteiger partial charge < -0.3 is 10.1 Å². The summed E-state index contributed by atoms with van der Waals surface area (Å²) in [6.45, 7) is 1.99. The molecule has 0 fully saturated rings. The highest BCUT2D eigenvalue weighted by molar-refractivity contribution is 5.77.